The van der Waals surface area contributed by atoms with Crippen molar-refractivity contribution in [3.05, 3.63) is 29.3 Å². The van der Waals surface area contributed by atoms with Crippen LogP contribution in [0.5, 0.6) is 0 Å². The number of amides is 2. The molecule has 2 rings (SSSR count). The maximum absolute atomic E-state index is 12.0. The van der Waals surface area contributed by atoms with E-state index in [1.54, 1.807) is 17.0 Å². The molecule has 0 spiro atoms. The molecule has 1 N–H and O–H groups in total. The van der Waals surface area contributed by atoms with Gasteiger partial charge in [-0.15, -0.1) is 0 Å². The molecule has 1 atom stereocenters. The molecule has 0 aliphatic carbocycles. The minimum atomic E-state index is 0.0254. The molecule has 19 heavy (non-hydrogen) atoms. The van der Waals surface area contributed by atoms with Crippen LogP contribution in [-0.2, 0) is 9.59 Å². The summed E-state index contributed by atoms with van der Waals surface area (Å²) in [5.74, 6) is 0.300. The fourth-order valence-electron chi connectivity index (χ4n) is 2.17. The standard InChI is InChI=1S/C14H17ClN2O2/c1-2-13(18)16-8-10-7-14(19)17(9-10)12-5-3-11(15)4-6-12/h3-6,10H,2,7-9H2,1H3,(H,16,18)/t10-/m1/s1. The van der Waals surface area contributed by atoms with Gasteiger partial charge in [0.2, 0.25) is 11.8 Å². The zero-order valence-electron chi connectivity index (χ0n) is 10.9. The van der Waals surface area contributed by atoms with E-state index in [4.69, 9.17) is 11.6 Å². The van der Waals surface area contributed by atoms with Crippen LogP contribution in [0.1, 0.15) is 19.8 Å². The Labute approximate surface area is 117 Å². The molecule has 0 bridgehead atoms. The van der Waals surface area contributed by atoms with Crippen LogP contribution in [-0.4, -0.2) is 24.9 Å². The molecule has 1 aliphatic heterocycles. The number of hydrogen-bond donors (Lipinski definition) is 1. The number of nitrogens with one attached hydrogen (secondary N) is 1. The second-order valence-corrected chi connectivity index (χ2v) is 5.14. The van der Waals surface area contributed by atoms with Gasteiger partial charge in [0.05, 0.1) is 0 Å². The van der Waals surface area contributed by atoms with Gasteiger partial charge < -0.3 is 10.2 Å². The SMILES string of the molecule is CCC(=O)NC[C@H]1CC(=O)N(c2ccc(Cl)cc2)C1. The summed E-state index contributed by atoms with van der Waals surface area (Å²) < 4.78 is 0. The molecular weight excluding hydrogens is 264 g/mol. The van der Waals surface area contributed by atoms with E-state index in [1.165, 1.54) is 0 Å². The minimum Gasteiger partial charge on any atom is -0.356 e. The van der Waals surface area contributed by atoms with Gasteiger partial charge in [-0.3, -0.25) is 9.59 Å². The summed E-state index contributed by atoms with van der Waals surface area (Å²) in [6.07, 6.45) is 0.953. The average molecular weight is 281 g/mol. The number of anilines is 1. The highest BCUT2D eigenvalue weighted by atomic mass is 35.5. The quantitative estimate of drug-likeness (QED) is 0.919. The number of nitrogens with zero attached hydrogens (tertiary/aromatic N) is 1. The third-order valence-corrected chi connectivity index (χ3v) is 3.50. The monoisotopic (exact) mass is 280 g/mol. The third kappa shape index (κ3) is 3.47. The molecule has 2 amide bonds. The third-order valence-electron chi connectivity index (χ3n) is 3.25. The zero-order valence-corrected chi connectivity index (χ0v) is 11.6. The molecule has 0 unspecified atom stereocenters. The molecule has 1 aromatic rings. The van der Waals surface area contributed by atoms with Crippen molar-refractivity contribution in [1.82, 2.24) is 5.32 Å². The molecule has 1 aliphatic rings. The van der Waals surface area contributed by atoms with E-state index in [9.17, 15) is 9.59 Å². The number of hydrogen-bond acceptors (Lipinski definition) is 2. The summed E-state index contributed by atoms with van der Waals surface area (Å²) in [4.78, 5) is 24.9. The summed E-state index contributed by atoms with van der Waals surface area (Å²) in [6.45, 7) is 3.02. The molecule has 0 saturated carbocycles. The Balaban J connectivity index is 1.96. The van der Waals surface area contributed by atoms with Crippen molar-refractivity contribution < 1.29 is 9.59 Å². The van der Waals surface area contributed by atoms with Crippen LogP contribution >= 0.6 is 11.6 Å². The molecule has 102 valence electrons. The molecule has 1 fully saturated rings. The van der Waals surface area contributed by atoms with E-state index < -0.39 is 0 Å². The Kier molecular flexibility index (Phi) is 4.43. The minimum absolute atomic E-state index is 0.0254. The van der Waals surface area contributed by atoms with Crippen molar-refractivity contribution in [3.8, 4) is 0 Å². The molecule has 1 aromatic carbocycles. The molecule has 1 saturated heterocycles. The smallest absolute Gasteiger partial charge is 0.227 e. The summed E-state index contributed by atoms with van der Waals surface area (Å²) in [6, 6.07) is 7.23. The summed E-state index contributed by atoms with van der Waals surface area (Å²) in [5, 5.41) is 3.49. The van der Waals surface area contributed by atoms with Crippen LogP contribution in [0.25, 0.3) is 0 Å². The van der Waals surface area contributed by atoms with Crippen molar-refractivity contribution in [2.45, 2.75) is 19.8 Å². The Morgan fingerprint density at radius 2 is 2.11 bits per heavy atom. The molecule has 5 heteroatoms. The van der Waals surface area contributed by atoms with Crippen LogP contribution in [0.3, 0.4) is 0 Å². The van der Waals surface area contributed by atoms with Crippen molar-refractivity contribution in [3.63, 3.8) is 0 Å². The Morgan fingerprint density at radius 3 is 2.74 bits per heavy atom. The van der Waals surface area contributed by atoms with Gasteiger partial charge in [-0.1, -0.05) is 18.5 Å². The summed E-state index contributed by atoms with van der Waals surface area (Å²) in [7, 11) is 0. The summed E-state index contributed by atoms with van der Waals surface area (Å²) in [5.41, 5.74) is 0.860. The Hall–Kier alpha value is -1.55. The first-order chi connectivity index (χ1) is 9.10. The van der Waals surface area contributed by atoms with E-state index in [0.29, 0.717) is 31.0 Å². The lowest BCUT2D eigenvalue weighted by molar-refractivity contribution is -0.121. The van der Waals surface area contributed by atoms with E-state index in [-0.39, 0.29) is 17.7 Å². The fourth-order valence-corrected chi connectivity index (χ4v) is 2.30. The predicted octanol–water partition coefficient (Wildman–Crippen LogP) is 2.22. The average Bonchev–Trinajstić information content (AvgIpc) is 2.78. The van der Waals surface area contributed by atoms with Gasteiger partial charge >= 0.3 is 0 Å². The van der Waals surface area contributed by atoms with Gasteiger partial charge in [0.1, 0.15) is 0 Å². The number of halogens is 1. The topological polar surface area (TPSA) is 49.4 Å². The van der Waals surface area contributed by atoms with Gasteiger partial charge in [-0.05, 0) is 24.3 Å². The van der Waals surface area contributed by atoms with Gasteiger partial charge in [0.15, 0.2) is 0 Å². The maximum atomic E-state index is 12.0. The van der Waals surface area contributed by atoms with E-state index >= 15 is 0 Å². The highest BCUT2D eigenvalue weighted by Gasteiger charge is 2.30. The predicted molar refractivity (Wildman–Crippen MR) is 75.2 cm³/mol. The lowest BCUT2D eigenvalue weighted by Crippen LogP contribution is -2.30. The Morgan fingerprint density at radius 1 is 1.42 bits per heavy atom. The highest BCUT2D eigenvalue weighted by molar-refractivity contribution is 6.30. The van der Waals surface area contributed by atoms with Crippen molar-refractivity contribution >= 4 is 29.1 Å². The van der Waals surface area contributed by atoms with Crippen LogP contribution < -0.4 is 10.2 Å². The largest absolute Gasteiger partial charge is 0.356 e. The van der Waals surface area contributed by atoms with Crippen LogP contribution in [0, 0.1) is 5.92 Å². The lowest BCUT2D eigenvalue weighted by atomic mass is 10.1. The number of carbonyl (C=O) groups excluding carboxylic acids is 2. The van der Waals surface area contributed by atoms with E-state index in [2.05, 4.69) is 5.32 Å². The summed E-state index contributed by atoms with van der Waals surface area (Å²) >= 11 is 5.83. The first-order valence-electron chi connectivity index (χ1n) is 6.42. The maximum Gasteiger partial charge on any atom is 0.227 e. The fraction of sp³-hybridized carbons (Fsp3) is 0.429. The van der Waals surface area contributed by atoms with Crippen LogP contribution in [0.4, 0.5) is 5.69 Å². The molecule has 0 aromatic heterocycles. The van der Waals surface area contributed by atoms with E-state index in [1.807, 2.05) is 19.1 Å². The number of rotatable bonds is 4. The van der Waals surface area contributed by atoms with Crippen molar-refractivity contribution in [2.75, 3.05) is 18.0 Å². The number of carbonyl (C=O) groups is 2. The first kappa shape index (κ1) is 13.9. The molecule has 1 heterocycles. The Bertz CT molecular complexity index is 473. The molecule has 0 radical (unpaired) electrons. The second kappa shape index (κ2) is 6.06. The van der Waals surface area contributed by atoms with Crippen LogP contribution in [0.15, 0.2) is 24.3 Å². The van der Waals surface area contributed by atoms with Crippen molar-refractivity contribution in [1.29, 1.82) is 0 Å². The first-order valence-corrected chi connectivity index (χ1v) is 6.80. The molecular formula is C14H17ClN2O2. The lowest BCUT2D eigenvalue weighted by Gasteiger charge is -2.17. The van der Waals surface area contributed by atoms with Gasteiger partial charge in [-0.25, -0.2) is 0 Å². The van der Waals surface area contributed by atoms with Crippen molar-refractivity contribution in [2.24, 2.45) is 5.92 Å². The van der Waals surface area contributed by atoms with Gasteiger partial charge in [-0.2, -0.15) is 0 Å². The number of benzene rings is 1. The van der Waals surface area contributed by atoms with Crippen LogP contribution in [0.2, 0.25) is 5.02 Å². The highest BCUT2D eigenvalue weighted by Crippen LogP contribution is 2.25. The molecule has 4 nitrogen and oxygen atoms in total. The second-order valence-electron chi connectivity index (χ2n) is 4.71. The van der Waals surface area contributed by atoms with Gasteiger partial charge in [0.25, 0.3) is 0 Å². The zero-order chi connectivity index (χ0) is 13.8. The van der Waals surface area contributed by atoms with Gasteiger partial charge in [0, 0.05) is 42.6 Å². The normalized spacial score (nSPS) is 18.7. The van der Waals surface area contributed by atoms with E-state index in [0.717, 1.165) is 5.69 Å².